The molecule has 0 spiro atoms. The van der Waals surface area contributed by atoms with Crippen LogP contribution in [0.3, 0.4) is 0 Å². The minimum absolute atomic E-state index is 0. The molecule has 8 heteroatoms. The van der Waals surface area contributed by atoms with Crippen LogP contribution in [0.1, 0.15) is 30.5 Å². The third kappa shape index (κ3) is 7.39. The van der Waals surface area contributed by atoms with Crippen LogP contribution < -0.4 is 16.0 Å². The Morgan fingerprint density at radius 1 is 1.24 bits per heavy atom. The van der Waals surface area contributed by atoms with Crippen LogP contribution >= 0.6 is 35.3 Å². The van der Waals surface area contributed by atoms with Crippen molar-refractivity contribution in [1.29, 1.82) is 0 Å². The maximum absolute atomic E-state index is 11.9. The summed E-state index contributed by atoms with van der Waals surface area (Å²) in [5.74, 6) is 0.870. The maximum atomic E-state index is 11.9. The highest BCUT2D eigenvalue weighted by Crippen LogP contribution is 2.17. The summed E-state index contributed by atoms with van der Waals surface area (Å²) in [6, 6.07) is 9.36. The molecule has 1 aromatic heterocycles. The minimum Gasteiger partial charge on any atom is -0.350 e. The molecule has 0 aliphatic rings. The molecule has 1 heterocycles. The summed E-state index contributed by atoms with van der Waals surface area (Å²) in [6.45, 7) is 4.97. The fourth-order valence-electron chi connectivity index (χ4n) is 1.94. The van der Waals surface area contributed by atoms with Crippen LogP contribution in [0.15, 0.2) is 40.7 Å². The SMILES string of the molecule is CN=C(NCC(=O)Nc1ccccc1)NCc1nc(C(C)C)cs1.I. The third-order valence-electron chi connectivity index (χ3n) is 3.27. The quantitative estimate of drug-likeness (QED) is 0.342. The predicted molar refractivity (Wildman–Crippen MR) is 115 cm³/mol. The number of anilines is 1. The summed E-state index contributed by atoms with van der Waals surface area (Å²) in [4.78, 5) is 20.6. The summed E-state index contributed by atoms with van der Waals surface area (Å²) in [6.07, 6.45) is 0. The Morgan fingerprint density at radius 2 is 1.96 bits per heavy atom. The van der Waals surface area contributed by atoms with Crippen LogP contribution in [0.2, 0.25) is 0 Å². The first-order valence-electron chi connectivity index (χ1n) is 7.82. The fourth-order valence-corrected chi connectivity index (χ4v) is 2.84. The number of rotatable bonds is 6. The zero-order valence-electron chi connectivity index (χ0n) is 14.6. The lowest BCUT2D eigenvalue weighted by Gasteiger charge is -2.11. The summed E-state index contributed by atoms with van der Waals surface area (Å²) < 4.78 is 0. The lowest BCUT2D eigenvalue weighted by Crippen LogP contribution is -2.41. The second-order valence-electron chi connectivity index (χ2n) is 5.51. The van der Waals surface area contributed by atoms with Crippen molar-refractivity contribution < 1.29 is 4.79 Å². The van der Waals surface area contributed by atoms with E-state index in [2.05, 4.69) is 45.2 Å². The number of hydrogen-bond donors (Lipinski definition) is 3. The molecule has 0 saturated carbocycles. The van der Waals surface area contributed by atoms with E-state index in [9.17, 15) is 4.79 Å². The van der Waals surface area contributed by atoms with Gasteiger partial charge in [-0.05, 0) is 18.1 Å². The van der Waals surface area contributed by atoms with E-state index in [1.807, 2.05) is 30.3 Å². The normalized spacial score (nSPS) is 11.0. The molecule has 0 unspecified atom stereocenters. The van der Waals surface area contributed by atoms with Gasteiger partial charge in [0.2, 0.25) is 5.91 Å². The number of para-hydroxylation sites is 1. The molecule has 1 aromatic carbocycles. The molecule has 0 saturated heterocycles. The van der Waals surface area contributed by atoms with Crippen molar-refractivity contribution in [1.82, 2.24) is 15.6 Å². The smallest absolute Gasteiger partial charge is 0.243 e. The molecule has 0 radical (unpaired) electrons. The largest absolute Gasteiger partial charge is 0.350 e. The predicted octanol–water partition coefficient (Wildman–Crippen LogP) is 3.19. The lowest BCUT2D eigenvalue weighted by molar-refractivity contribution is -0.115. The van der Waals surface area contributed by atoms with Gasteiger partial charge in [-0.3, -0.25) is 9.79 Å². The zero-order chi connectivity index (χ0) is 17.4. The number of nitrogens with zero attached hydrogens (tertiary/aromatic N) is 2. The average Bonchev–Trinajstić information content (AvgIpc) is 3.05. The lowest BCUT2D eigenvalue weighted by atomic mass is 10.2. The molecule has 2 aromatic rings. The number of hydrogen-bond acceptors (Lipinski definition) is 4. The molecule has 1 amide bonds. The number of thiazole rings is 1. The van der Waals surface area contributed by atoms with Gasteiger partial charge in [0.25, 0.3) is 0 Å². The molecule has 0 bridgehead atoms. The molecular formula is C17H24IN5OS. The van der Waals surface area contributed by atoms with Crippen LogP contribution in [0.5, 0.6) is 0 Å². The van der Waals surface area contributed by atoms with Gasteiger partial charge in [0.05, 0.1) is 18.8 Å². The summed E-state index contributed by atoms with van der Waals surface area (Å²) in [5, 5.41) is 12.0. The third-order valence-corrected chi connectivity index (χ3v) is 4.13. The fraction of sp³-hybridized carbons (Fsp3) is 0.353. The van der Waals surface area contributed by atoms with Gasteiger partial charge < -0.3 is 16.0 Å². The van der Waals surface area contributed by atoms with Crippen molar-refractivity contribution in [2.75, 3.05) is 18.9 Å². The van der Waals surface area contributed by atoms with Crippen LogP contribution in [0.4, 0.5) is 5.69 Å². The van der Waals surface area contributed by atoms with E-state index in [4.69, 9.17) is 0 Å². The number of carbonyl (C=O) groups is 1. The Morgan fingerprint density at radius 3 is 2.56 bits per heavy atom. The minimum atomic E-state index is -0.125. The van der Waals surface area contributed by atoms with Gasteiger partial charge in [-0.15, -0.1) is 35.3 Å². The van der Waals surface area contributed by atoms with Crippen molar-refractivity contribution in [3.63, 3.8) is 0 Å². The number of aliphatic imine (C=N–C) groups is 1. The Balaban J connectivity index is 0.00000312. The van der Waals surface area contributed by atoms with E-state index >= 15 is 0 Å². The zero-order valence-corrected chi connectivity index (χ0v) is 17.7. The number of benzene rings is 1. The molecule has 0 fully saturated rings. The van der Waals surface area contributed by atoms with Gasteiger partial charge in [-0.1, -0.05) is 32.0 Å². The average molecular weight is 473 g/mol. The number of amides is 1. The van der Waals surface area contributed by atoms with E-state index in [-0.39, 0.29) is 36.4 Å². The van der Waals surface area contributed by atoms with Gasteiger partial charge in [0.15, 0.2) is 5.96 Å². The highest BCUT2D eigenvalue weighted by Gasteiger charge is 2.07. The highest BCUT2D eigenvalue weighted by atomic mass is 127. The van der Waals surface area contributed by atoms with Gasteiger partial charge in [-0.25, -0.2) is 4.98 Å². The maximum Gasteiger partial charge on any atom is 0.243 e. The number of carbonyl (C=O) groups excluding carboxylic acids is 1. The second-order valence-corrected chi connectivity index (χ2v) is 6.46. The van der Waals surface area contributed by atoms with Crippen molar-refractivity contribution in [3.05, 3.63) is 46.4 Å². The molecule has 0 atom stereocenters. The van der Waals surface area contributed by atoms with Crippen molar-refractivity contribution in [3.8, 4) is 0 Å². The molecule has 25 heavy (non-hydrogen) atoms. The van der Waals surface area contributed by atoms with Crippen LogP contribution in [-0.2, 0) is 11.3 Å². The molecule has 0 aliphatic carbocycles. The van der Waals surface area contributed by atoms with Crippen LogP contribution in [0, 0.1) is 0 Å². The van der Waals surface area contributed by atoms with Crippen LogP contribution in [0.25, 0.3) is 0 Å². The highest BCUT2D eigenvalue weighted by molar-refractivity contribution is 14.0. The summed E-state index contributed by atoms with van der Waals surface area (Å²) in [5.41, 5.74) is 1.87. The standard InChI is InChI=1S/C17H23N5OS.HI/c1-12(2)14-11-24-16(22-14)10-20-17(18-3)19-9-15(23)21-13-7-5-4-6-8-13;/h4-8,11-12H,9-10H2,1-3H3,(H,21,23)(H2,18,19,20);1H. The summed E-state index contributed by atoms with van der Waals surface area (Å²) >= 11 is 1.62. The monoisotopic (exact) mass is 473 g/mol. The van der Waals surface area contributed by atoms with Crippen molar-refractivity contribution in [2.24, 2.45) is 4.99 Å². The van der Waals surface area contributed by atoms with E-state index < -0.39 is 0 Å². The molecule has 136 valence electrons. The van der Waals surface area contributed by atoms with Crippen LogP contribution in [-0.4, -0.2) is 30.4 Å². The van der Waals surface area contributed by atoms with Gasteiger partial charge in [0, 0.05) is 18.1 Å². The molecule has 2 rings (SSSR count). The van der Waals surface area contributed by atoms with Gasteiger partial charge in [-0.2, -0.15) is 0 Å². The van der Waals surface area contributed by atoms with E-state index in [1.54, 1.807) is 18.4 Å². The summed E-state index contributed by atoms with van der Waals surface area (Å²) in [7, 11) is 1.67. The Hall–Kier alpha value is -1.68. The second kappa shape index (κ2) is 11.0. The molecule has 3 N–H and O–H groups in total. The number of aromatic nitrogens is 1. The van der Waals surface area contributed by atoms with E-state index in [0.29, 0.717) is 18.4 Å². The first-order valence-corrected chi connectivity index (χ1v) is 8.70. The van der Waals surface area contributed by atoms with Gasteiger partial charge >= 0.3 is 0 Å². The first kappa shape index (κ1) is 21.4. The van der Waals surface area contributed by atoms with Crippen molar-refractivity contribution >= 4 is 52.9 Å². The first-order chi connectivity index (χ1) is 11.6. The number of guanidine groups is 1. The Bertz CT molecular complexity index is 687. The van der Waals surface area contributed by atoms with E-state index in [0.717, 1.165) is 16.4 Å². The molecule has 0 aliphatic heterocycles. The Labute approximate surface area is 169 Å². The van der Waals surface area contributed by atoms with Crippen molar-refractivity contribution in [2.45, 2.75) is 26.3 Å². The number of halogens is 1. The molecular weight excluding hydrogens is 449 g/mol. The van der Waals surface area contributed by atoms with Gasteiger partial charge in [0.1, 0.15) is 5.01 Å². The van der Waals surface area contributed by atoms with E-state index in [1.165, 1.54) is 0 Å². The number of nitrogens with one attached hydrogen (secondary N) is 3. The Kier molecular flexibility index (Phi) is 9.43. The topological polar surface area (TPSA) is 78.4 Å². The molecule has 6 nitrogen and oxygen atoms in total.